The molecule has 10 rings (SSSR count). The van der Waals surface area contributed by atoms with Gasteiger partial charge in [0.2, 0.25) is 0 Å². The minimum atomic E-state index is -0.516. The number of dihydropyridines is 1. The van der Waals surface area contributed by atoms with Gasteiger partial charge in [0.15, 0.2) is 0 Å². The average molecular weight is 619 g/mol. The van der Waals surface area contributed by atoms with Crippen molar-refractivity contribution in [1.82, 2.24) is 4.98 Å². The second-order valence-corrected chi connectivity index (χ2v) is 14.0. The molecule has 4 aromatic carbocycles. The first-order valence-electron chi connectivity index (χ1n) is 17.0. The van der Waals surface area contributed by atoms with Crippen molar-refractivity contribution in [3.8, 4) is 28.1 Å². The Kier molecular flexibility index (Phi) is 5.73. The van der Waals surface area contributed by atoms with E-state index in [1.165, 1.54) is 33.4 Å². The lowest BCUT2D eigenvalue weighted by atomic mass is 9.62. The summed E-state index contributed by atoms with van der Waals surface area (Å²) in [4.78, 5) is 10.4. The predicted octanol–water partition coefficient (Wildman–Crippen LogP) is 10.3. The highest BCUT2D eigenvalue weighted by Crippen LogP contribution is 2.62. The van der Waals surface area contributed by atoms with Crippen molar-refractivity contribution >= 4 is 16.6 Å². The number of fused-ring (bicyclic) bond motifs is 10. The summed E-state index contributed by atoms with van der Waals surface area (Å²) in [5.41, 5.74) is 12.3. The van der Waals surface area contributed by atoms with Crippen LogP contribution < -0.4 is 4.74 Å². The van der Waals surface area contributed by atoms with Gasteiger partial charge in [-0.15, -0.1) is 0 Å². The topological polar surface area (TPSA) is 34.5 Å². The Balaban J connectivity index is 1.23. The Labute approximate surface area is 281 Å². The van der Waals surface area contributed by atoms with Crippen LogP contribution in [0.1, 0.15) is 42.5 Å². The summed E-state index contributed by atoms with van der Waals surface area (Å²) < 4.78 is 6.81. The van der Waals surface area contributed by atoms with Gasteiger partial charge in [0.1, 0.15) is 11.5 Å². The van der Waals surface area contributed by atoms with Crippen molar-refractivity contribution in [2.75, 3.05) is 0 Å². The first kappa shape index (κ1) is 27.6. The number of benzene rings is 4. The SMILES string of the molecule is CC1C=CC2=C(C1)C1(c3cc(C4=NC5C=CC=CC5(C)C=C4)ccc3O2)c2ccccc2-c2ccc(-c3ccc4ccccc4n3)cc21. The summed E-state index contributed by atoms with van der Waals surface area (Å²) in [6.45, 7) is 4.56. The summed E-state index contributed by atoms with van der Waals surface area (Å²) in [5, 5.41) is 1.15. The molecular formula is C45H34N2O. The van der Waals surface area contributed by atoms with Gasteiger partial charge in [0.05, 0.1) is 28.4 Å². The van der Waals surface area contributed by atoms with Gasteiger partial charge >= 0.3 is 0 Å². The van der Waals surface area contributed by atoms with Crippen LogP contribution in [0.15, 0.2) is 162 Å². The van der Waals surface area contributed by atoms with Gasteiger partial charge in [-0.25, -0.2) is 4.98 Å². The van der Waals surface area contributed by atoms with Gasteiger partial charge in [0, 0.05) is 27.5 Å². The summed E-state index contributed by atoms with van der Waals surface area (Å²) in [7, 11) is 0. The quantitative estimate of drug-likeness (QED) is 0.197. The molecular weight excluding hydrogens is 585 g/mol. The fourth-order valence-corrected chi connectivity index (χ4v) is 8.61. The zero-order valence-corrected chi connectivity index (χ0v) is 27.0. The largest absolute Gasteiger partial charge is 0.457 e. The maximum Gasteiger partial charge on any atom is 0.132 e. The predicted molar refractivity (Wildman–Crippen MR) is 195 cm³/mol. The van der Waals surface area contributed by atoms with Crippen LogP contribution in [0.5, 0.6) is 5.75 Å². The second-order valence-electron chi connectivity index (χ2n) is 14.0. The summed E-state index contributed by atoms with van der Waals surface area (Å²) >= 11 is 0. The first-order valence-corrected chi connectivity index (χ1v) is 17.0. The van der Waals surface area contributed by atoms with Gasteiger partial charge in [0.25, 0.3) is 0 Å². The smallest absolute Gasteiger partial charge is 0.132 e. The molecule has 3 aliphatic carbocycles. The van der Waals surface area contributed by atoms with E-state index in [0.717, 1.165) is 51.4 Å². The number of allylic oxidation sites excluding steroid dienone is 6. The lowest BCUT2D eigenvalue weighted by Gasteiger charge is -2.43. The molecule has 4 unspecified atom stereocenters. The van der Waals surface area contributed by atoms with Crippen LogP contribution >= 0.6 is 0 Å². The summed E-state index contributed by atoms with van der Waals surface area (Å²) in [6.07, 6.45) is 18.6. The van der Waals surface area contributed by atoms with E-state index < -0.39 is 5.41 Å². The highest BCUT2D eigenvalue weighted by atomic mass is 16.5. The fourth-order valence-electron chi connectivity index (χ4n) is 8.61. The molecule has 0 amide bonds. The lowest BCUT2D eigenvalue weighted by molar-refractivity contribution is 0.380. The van der Waals surface area contributed by atoms with Crippen molar-refractivity contribution in [2.45, 2.75) is 31.7 Å². The maximum atomic E-state index is 6.81. The first-order chi connectivity index (χ1) is 23.5. The highest BCUT2D eigenvalue weighted by Gasteiger charge is 2.53. The second kappa shape index (κ2) is 9.98. The van der Waals surface area contributed by atoms with Gasteiger partial charge in [-0.2, -0.15) is 0 Å². The molecule has 0 bridgehead atoms. The molecule has 0 N–H and O–H groups in total. The highest BCUT2D eigenvalue weighted by molar-refractivity contribution is 6.10. The number of para-hydroxylation sites is 1. The molecule has 4 atom stereocenters. The van der Waals surface area contributed by atoms with Gasteiger partial charge in [-0.1, -0.05) is 111 Å². The molecule has 0 saturated heterocycles. The van der Waals surface area contributed by atoms with Crippen LogP contribution in [0.4, 0.5) is 0 Å². The Morgan fingerprint density at radius 2 is 1.56 bits per heavy atom. The zero-order valence-electron chi connectivity index (χ0n) is 27.0. The molecule has 5 aromatic rings. The summed E-state index contributed by atoms with van der Waals surface area (Å²) in [5.74, 6) is 2.26. The van der Waals surface area contributed by atoms with Gasteiger partial charge in [-0.05, 0) is 88.7 Å². The molecule has 3 heterocycles. The summed E-state index contributed by atoms with van der Waals surface area (Å²) in [6, 6.07) is 35.4. The van der Waals surface area contributed by atoms with Crippen molar-refractivity contribution in [3.63, 3.8) is 0 Å². The molecule has 3 nitrogen and oxygen atoms in total. The molecule has 1 aromatic heterocycles. The Bertz CT molecular complexity index is 2400. The molecule has 0 saturated carbocycles. The van der Waals surface area contributed by atoms with E-state index in [4.69, 9.17) is 14.7 Å². The molecule has 5 aliphatic rings. The molecule has 3 heteroatoms. The number of hydrogen-bond acceptors (Lipinski definition) is 3. The van der Waals surface area contributed by atoms with E-state index in [1.54, 1.807) is 0 Å². The van der Waals surface area contributed by atoms with Crippen LogP contribution in [-0.4, -0.2) is 16.7 Å². The van der Waals surface area contributed by atoms with Crippen molar-refractivity contribution in [3.05, 3.63) is 179 Å². The lowest BCUT2D eigenvalue weighted by Crippen LogP contribution is -2.36. The average Bonchev–Trinajstić information content (AvgIpc) is 3.41. The van der Waals surface area contributed by atoms with Crippen molar-refractivity contribution in [2.24, 2.45) is 16.3 Å². The molecule has 2 aliphatic heterocycles. The van der Waals surface area contributed by atoms with E-state index in [-0.39, 0.29) is 11.5 Å². The number of ether oxygens (including phenoxy) is 1. The molecule has 0 radical (unpaired) electrons. The van der Waals surface area contributed by atoms with Crippen molar-refractivity contribution in [1.29, 1.82) is 0 Å². The van der Waals surface area contributed by atoms with Crippen LogP contribution in [-0.2, 0) is 5.41 Å². The number of pyridine rings is 1. The standard InChI is InChI=1S/C45H34N2O/c1-28-14-20-41-36(25-28)45(37-27-31(17-21-42(37)48-41)40-22-24-44(2)23-8-7-13-43(44)47-40)34-11-5-4-10-32(34)33-18-15-30(26-35(33)45)39-19-16-29-9-3-6-12-38(29)46-39/h3-24,26-28,43H,25H2,1-2H3. The van der Waals surface area contributed by atoms with E-state index in [1.807, 2.05) is 0 Å². The molecule has 48 heavy (non-hydrogen) atoms. The Morgan fingerprint density at radius 3 is 2.52 bits per heavy atom. The zero-order chi connectivity index (χ0) is 32.0. The molecule has 0 fully saturated rings. The Hall–Kier alpha value is -5.54. The van der Waals surface area contributed by atoms with Gasteiger partial charge in [-0.3, -0.25) is 4.99 Å². The minimum Gasteiger partial charge on any atom is -0.457 e. The third-order valence-electron chi connectivity index (χ3n) is 11.1. The van der Waals surface area contributed by atoms with E-state index in [0.29, 0.717) is 5.92 Å². The van der Waals surface area contributed by atoms with E-state index in [9.17, 15) is 0 Å². The Morgan fingerprint density at radius 1 is 0.729 bits per heavy atom. The third-order valence-corrected chi connectivity index (χ3v) is 11.1. The molecule has 1 spiro atoms. The minimum absolute atomic E-state index is 0.0762. The van der Waals surface area contributed by atoms with Crippen LogP contribution in [0.3, 0.4) is 0 Å². The normalized spacial score (nSPS) is 25.7. The number of aromatic nitrogens is 1. The molecule has 230 valence electrons. The van der Waals surface area contributed by atoms with E-state index in [2.05, 4.69) is 160 Å². The van der Waals surface area contributed by atoms with Gasteiger partial charge < -0.3 is 4.74 Å². The fraction of sp³-hybridized carbons (Fsp3) is 0.156. The third kappa shape index (κ3) is 3.82. The van der Waals surface area contributed by atoms with E-state index >= 15 is 0 Å². The number of aliphatic imine (C=N–C) groups is 1. The van der Waals surface area contributed by atoms with Crippen molar-refractivity contribution < 1.29 is 4.74 Å². The van der Waals surface area contributed by atoms with Crippen LogP contribution in [0, 0.1) is 11.3 Å². The number of rotatable bonds is 2. The monoisotopic (exact) mass is 618 g/mol. The van der Waals surface area contributed by atoms with Crippen LogP contribution in [0.2, 0.25) is 0 Å². The number of nitrogens with zero attached hydrogens (tertiary/aromatic N) is 2. The van der Waals surface area contributed by atoms with Crippen LogP contribution in [0.25, 0.3) is 33.3 Å². The maximum absolute atomic E-state index is 6.81. The number of hydrogen-bond donors (Lipinski definition) is 0.